The Labute approximate surface area is 130 Å². The number of aromatic nitrogens is 2. The molecule has 0 unspecified atom stereocenters. The van der Waals surface area contributed by atoms with Gasteiger partial charge in [0.25, 0.3) is 5.91 Å². The fourth-order valence-corrected chi connectivity index (χ4v) is 2.65. The van der Waals surface area contributed by atoms with E-state index in [9.17, 15) is 4.79 Å². The van der Waals surface area contributed by atoms with Gasteiger partial charge >= 0.3 is 0 Å². The van der Waals surface area contributed by atoms with Gasteiger partial charge in [-0.1, -0.05) is 31.9 Å². The molecular weight excluding hydrogens is 288 g/mol. The second-order valence-electron chi connectivity index (χ2n) is 5.52. The van der Waals surface area contributed by atoms with Crippen molar-refractivity contribution in [2.75, 3.05) is 13.1 Å². The number of nitrogens with zero attached hydrogens (tertiary/aromatic N) is 4. The zero-order valence-corrected chi connectivity index (χ0v) is 13.2. The highest BCUT2D eigenvalue weighted by Crippen LogP contribution is 2.20. The van der Waals surface area contributed by atoms with Crippen molar-refractivity contribution in [3.8, 4) is 0 Å². The number of halogens is 1. The molecule has 2 rings (SSSR count). The van der Waals surface area contributed by atoms with Crippen molar-refractivity contribution >= 4 is 23.7 Å². The first-order valence-corrected chi connectivity index (χ1v) is 7.53. The Morgan fingerprint density at radius 3 is 2.90 bits per heavy atom. The smallest absolute Gasteiger partial charge is 0.263 e. The molecule has 1 aromatic heterocycles. The van der Waals surface area contributed by atoms with Gasteiger partial charge in [0.2, 0.25) is 0 Å². The van der Waals surface area contributed by atoms with Gasteiger partial charge in [0.15, 0.2) is 5.15 Å². The van der Waals surface area contributed by atoms with Gasteiger partial charge < -0.3 is 0 Å². The molecule has 0 spiro atoms. The Morgan fingerprint density at radius 2 is 2.19 bits per heavy atom. The van der Waals surface area contributed by atoms with Gasteiger partial charge in [-0.2, -0.15) is 0 Å². The topological polar surface area (TPSA) is 58.5 Å². The monoisotopic (exact) mass is 307 g/mol. The average Bonchev–Trinajstić information content (AvgIpc) is 2.46. The predicted octanol–water partition coefficient (Wildman–Crippen LogP) is 2.54. The molecule has 1 saturated heterocycles. The van der Waals surface area contributed by atoms with E-state index in [2.05, 4.69) is 33.7 Å². The maximum Gasteiger partial charge on any atom is 0.263 e. The molecule has 1 aromatic rings. The highest BCUT2D eigenvalue weighted by atomic mass is 35.5. The maximum atomic E-state index is 12.3. The van der Waals surface area contributed by atoms with Crippen LogP contribution in [0.25, 0.3) is 0 Å². The van der Waals surface area contributed by atoms with E-state index in [-0.39, 0.29) is 17.1 Å². The van der Waals surface area contributed by atoms with Crippen LogP contribution in [0.2, 0.25) is 5.15 Å². The normalized spacial score (nSPS) is 20.3. The van der Waals surface area contributed by atoms with Crippen molar-refractivity contribution in [3.05, 3.63) is 29.2 Å². The van der Waals surface area contributed by atoms with E-state index in [0.29, 0.717) is 5.69 Å². The summed E-state index contributed by atoms with van der Waals surface area (Å²) < 4.78 is 0. The lowest BCUT2D eigenvalue weighted by molar-refractivity contribution is -0.123. The number of amides is 1. The van der Waals surface area contributed by atoms with E-state index < -0.39 is 0 Å². The number of carbonyl (C=O) groups is 1. The summed E-state index contributed by atoms with van der Waals surface area (Å²) in [5, 5.41) is 0.257. The van der Waals surface area contributed by atoms with Crippen molar-refractivity contribution in [1.82, 2.24) is 14.9 Å². The number of hydrogen-bond donors (Lipinski definition) is 0. The molecule has 1 atom stereocenters. The Bertz CT molecular complexity index is 518. The SMILES string of the molecule is C[C](C)CN1CCCC[C@H]1C(=O)N=Cc1nccnc1Cl. The molecule has 1 amide bonds. The van der Waals surface area contributed by atoms with Gasteiger partial charge in [0.05, 0.1) is 12.3 Å². The summed E-state index contributed by atoms with van der Waals surface area (Å²) in [5.74, 6) is 1.17. The molecule has 0 aliphatic carbocycles. The summed E-state index contributed by atoms with van der Waals surface area (Å²) in [6.07, 6.45) is 7.50. The molecule has 21 heavy (non-hydrogen) atoms. The van der Waals surface area contributed by atoms with Crippen LogP contribution < -0.4 is 0 Å². The fourth-order valence-electron chi connectivity index (χ4n) is 2.50. The van der Waals surface area contributed by atoms with E-state index in [0.717, 1.165) is 32.4 Å². The van der Waals surface area contributed by atoms with Crippen molar-refractivity contribution < 1.29 is 4.79 Å². The molecule has 6 heteroatoms. The zero-order valence-electron chi connectivity index (χ0n) is 12.4. The third-order valence-corrected chi connectivity index (χ3v) is 3.70. The highest BCUT2D eigenvalue weighted by molar-refractivity contribution is 6.31. The van der Waals surface area contributed by atoms with Gasteiger partial charge in [-0.25, -0.2) is 9.98 Å². The lowest BCUT2D eigenvalue weighted by Crippen LogP contribution is -2.45. The molecule has 2 heterocycles. The number of rotatable bonds is 4. The summed E-state index contributed by atoms with van der Waals surface area (Å²) in [6, 6.07) is -0.139. The van der Waals surface area contributed by atoms with E-state index in [1.165, 1.54) is 24.5 Å². The summed E-state index contributed by atoms with van der Waals surface area (Å²) in [4.78, 5) is 26.5. The number of likely N-dealkylation sites (tertiary alicyclic amines) is 1. The Kier molecular flexibility index (Phi) is 5.82. The van der Waals surface area contributed by atoms with Gasteiger partial charge in [0, 0.05) is 18.9 Å². The first kappa shape index (κ1) is 16.0. The highest BCUT2D eigenvalue weighted by Gasteiger charge is 2.28. The second kappa shape index (κ2) is 7.61. The molecule has 0 saturated carbocycles. The van der Waals surface area contributed by atoms with Crippen LogP contribution in [-0.2, 0) is 4.79 Å². The summed E-state index contributed by atoms with van der Waals surface area (Å²) in [7, 11) is 0. The molecule has 113 valence electrons. The minimum absolute atomic E-state index is 0.127. The van der Waals surface area contributed by atoms with Crippen LogP contribution in [-0.4, -0.2) is 46.1 Å². The lowest BCUT2D eigenvalue weighted by Gasteiger charge is -2.34. The number of carbonyl (C=O) groups excluding carboxylic acids is 1. The molecular formula is C15H20ClN4O. The van der Waals surface area contributed by atoms with Gasteiger partial charge in [0.1, 0.15) is 5.69 Å². The van der Waals surface area contributed by atoms with Crippen LogP contribution in [0.15, 0.2) is 17.4 Å². The van der Waals surface area contributed by atoms with Crippen molar-refractivity contribution in [3.63, 3.8) is 0 Å². The van der Waals surface area contributed by atoms with E-state index in [4.69, 9.17) is 11.6 Å². The predicted molar refractivity (Wildman–Crippen MR) is 83.4 cm³/mol. The molecule has 0 bridgehead atoms. The Balaban J connectivity index is 2.05. The van der Waals surface area contributed by atoms with Crippen LogP contribution >= 0.6 is 11.6 Å². The van der Waals surface area contributed by atoms with E-state index in [1.807, 2.05) is 0 Å². The second-order valence-corrected chi connectivity index (χ2v) is 5.88. The fraction of sp³-hybridized carbons (Fsp3) is 0.533. The van der Waals surface area contributed by atoms with Gasteiger partial charge in [-0.05, 0) is 25.3 Å². The van der Waals surface area contributed by atoms with Crippen LogP contribution in [0.1, 0.15) is 38.8 Å². The van der Waals surface area contributed by atoms with Crippen molar-refractivity contribution in [1.29, 1.82) is 0 Å². The van der Waals surface area contributed by atoms with Crippen LogP contribution in [0.3, 0.4) is 0 Å². The minimum Gasteiger partial charge on any atom is -0.291 e. The summed E-state index contributed by atoms with van der Waals surface area (Å²) in [6.45, 7) is 5.96. The summed E-state index contributed by atoms with van der Waals surface area (Å²) >= 11 is 5.90. The molecule has 0 N–H and O–H groups in total. The molecule has 0 aromatic carbocycles. The molecule has 5 nitrogen and oxygen atoms in total. The minimum atomic E-state index is -0.139. The average molecular weight is 308 g/mol. The van der Waals surface area contributed by atoms with Crippen LogP contribution in [0.5, 0.6) is 0 Å². The lowest BCUT2D eigenvalue weighted by atomic mass is 10.00. The largest absolute Gasteiger partial charge is 0.291 e. The van der Waals surface area contributed by atoms with Crippen LogP contribution in [0.4, 0.5) is 0 Å². The molecule has 1 aliphatic rings. The summed E-state index contributed by atoms with van der Waals surface area (Å²) in [5.41, 5.74) is 0.424. The molecule has 1 aliphatic heterocycles. The third kappa shape index (κ3) is 4.58. The van der Waals surface area contributed by atoms with E-state index >= 15 is 0 Å². The van der Waals surface area contributed by atoms with Gasteiger partial charge in [-0.15, -0.1) is 0 Å². The maximum absolute atomic E-state index is 12.3. The van der Waals surface area contributed by atoms with Crippen LogP contribution in [0, 0.1) is 5.92 Å². The zero-order chi connectivity index (χ0) is 15.2. The quantitative estimate of drug-likeness (QED) is 0.802. The van der Waals surface area contributed by atoms with E-state index in [1.54, 1.807) is 0 Å². The first-order chi connectivity index (χ1) is 10.1. The Morgan fingerprint density at radius 1 is 1.43 bits per heavy atom. The van der Waals surface area contributed by atoms with Crippen molar-refractivity contribution in [2.24, 2.45) is 4.99 Å². The van der Waals surface area contributed by atoms with Gasteiger partial charge in [-0.3, -0.25) is 14.7 Å². The standard InChI is InChI=1S/C15H20ClN4O/c1-11(2)10-20-8-4-3-5-13(20)15(21)19-9-12-14(16)18-7-6-17-12/h6-7,9,13H,3-5,8,10H2,1-2H3/t13-/m0/s1. The molecule has 1 radical (unpaired) electrons. The number of hydrogen-bond acceptors (Lipinski definition) is 4. The number of aliphatic imine (C=N–C) groups is 1. The first-order valence-electron chi connectivity index (χ1n) is 7.15. The number of piperidine rings is 1. The van der Waals surface area contributed by atoms with Crippen molar-refractivity contribution in [2.45, 2.75) is 39.2 Å². The molecule has 1 fully saturated rings. The third-order valence-electron chi connectivity index (χ3n) is 3.41. The Hall–Kier alpha value is -1.33.